The number of nitrogens with two attached hydrogens (primary N) is 1. The van der Waals surface area contributed by atoms with Gasteiger partial charge in [0, 0.05) is 5.56 Å². The standard InChI is InChI=1S/C17H17N3O2/c18-16-12-19-20(9-10-21)17(16)13-5-4-8-15(11-13)22-14-6-2-1-3-7-14/h1-8,11-12,21H,9-10,18H2. The molecular formula is C17H17N3O2. The van der Waals surface area contributed by atoms with Crippen LogP contribution in [0.2, 0.25) is 0 Å². The molecule has 0 aliphatic heterocycles. The van der Waals surface area contributed by atoms with Gasteiger partial charge in [0.05, 0.1) is 30.7 Å². The molecule has 0 radical (unpaired) electrons. The molecular weight excluding hydrogens is 278 g/mol. The van der Waals surface area contributed by atoms with Crippen LogP contribution in [0.4, 0.5) is 5.69 Å². The number of aliphatic hydroxyl groups is 1. The summed E-state index contributed by atoms with van der Waals surface area (Å²) in [6.45, 7) is 0.407. The maximum absolute atomic E-state index is 9.12. The van der Waals surface area contributed by atoms with Crippen LogP contribution in [0.5, 0.6) is 11.5 Å². The number of ether oxygens (including phenoxy) is 1. The maximum atomic E-state index is 9.12. The lowest BCUT2D eigenvalue weighted by Gasteiger charge is -2.10. The zero-order valence-corrected chi connectivity index (χ0v) is 12.0. The van der Waals surface area contributed by atoms with Gasteiger partial charge in [0.25, 0.3) is 0 Å². The van der Waals surface area contributed by atoms with Crippen molar-refractivity contribution in [3.63, 3.8) is 0 Å². The highest BCUT2D eigenvalue weighted by molar-refractivity contribution is 5.73. The van der Waals surface area contributed by atoms with Crippen LogP contribution in [0.25, 0.3) is 11.3 Å². The maximum Gasteiger partial charge on any atom is 0.128 e. The summed E-state index contributed by atoms with van der Waals surface area (Å²) in [4.78, 5) is 0. The van der Waals surface area contributed by atoms with Crippen LogP contribution in [0.15, 0.2) is 60.8 Å². The van der Waals surface area contributed by atoms with Gasteiger partial charge in [0.1, 0.15) is 11.5 Å². The number of hydrogen-bond donors (Lipinski definition) is 2. The van der Waals surface area contributed by atoms with E-state index >= 15 is 0 Å². The first-order valence-corrected chi connectivity index (χ1v) is 7.03. The molecule has 0 unspecified atom stereocenters. The van der Waals surface area contributed by atoms with Crippen LogP contribution < -0.4 is 10.5 Å². The Morgan fingerprint density at radius 1 is 1.05 bits per heavy atom. The Labute approximate surface area is 128 Å². The molecule has 0 saturated carbocycles. The molecule has 0 saturated heterocycles. The zero-order valence-electron chi connectivity index (χ0n) is 12.0. The van der Waals surface area contributed by atoms with E-state index in [1.807, 2.05) is 54.6 Å². The van der Waals surface area contributed by atoms with Crippen molar-refractivity contribution in [1.82, 2.24) is 9.78 Å². The fourth-order valence-corrected chi connectivity index (χ4v) is 2.31. The highest BCUT2D eigenvalue weighted by atomic mass is 16.5. The smallest absolute Gasteiger partial charge is 0.128 e. The van der Waals surface area contributed by atoms with Gasteiger partial charge in [-0.25, -0.2) is 0 Å². The minimum atomic E-state index is 0.00826. The fraction of sp³-hybridized carbons (Fsp3) is 0.118. The minimum Gasteiger partial charge on any atom is -0.457 e. The molecule has 0 aliphatic rings. The zero-order chi connectivity index (χ0) is 15.4. The molecule has 2 aromatic carbocycles. The first-order valence-electron chi connectivity index (χ1n) is 7.03. The summed E-state index contributed by atoms with van der Waals surface area (Å²) in [6.07, 6.45) is 1.59. The van der Waals surface area contributed by atoms with Crippen molar-refractivity contribution in [2.24, 2.45) is 0 Å². The average molecular weight is 295 g/mol. The number of aliphatic hydroxyl groups excluding tert-OH is 1. The van der Waals surface area contributed by atoms with Gasteiger partial charge in [-0.05, 0) is 24.3 Å². The molecule has 5 nitrogen and oxygen atoms in total. The van der Waals surface area contributed by atoms with Crippen molar-refractivity contribution in [3.05, 3.63) is 60.8 Å². The second-order valence-electron chi connectivity index (χ2n) is 4.84. The fourth-order valence-electron chi connectivity index (χ4n) is 2.31. The predicted octanol–water partition coefficient (Wildman–Crippen LogP) is 2.92. The van der Waals surface area contributed by atoms with Crippen molar-refractivity contribution >= 4 is 5.69 Å². The van der Waals surface area contributed by atoms with Gasteiger partial charge in [-0.1, -0.05) is 30.3 Å². The molecule has 112 valence electrons. The second kappa shape index (κ2) is 6.32. The number of rotatable bonds is 5. The topological polar surface area (TPSA) is 73.3 Å². The first kappa shape index (κ1) is 14.2. The summed E-state index contributed by atoms with van der Waals surface area (Å²) in [5.74, 6) is 1.50. The van der Waals surface area contributed by atoms with Crippen LogP contribution >= 0.6 is 0 Å². The van der Waals surface area contributed by atoms with Gasteiger partial charge in [-0.2, -0.15) is 5.10 Å². The summed E-state index contributed by atoms with van der Waals surface area (Å²) in [7, 11) is 0. The van der Waals surface area contributed by atoms with Crippen LogP contribution in [0.3, 0.4) is 0 Å². The molecule has 0 spiro atoms. The Balaban J connectivity index is 1.93. The van der Waals surface area contributed by atoms with E-state index in [0.717, 1.165) is 22.8 Å². The van der Waals surface area contributed by atoms with Crippen molar-refractivity contribution in [2.45, 2.75) is 6.54 Å². The average Bonchev–Trinajstić information content (AvgIpc) is 2.90. The molecule has 3 rings (SSSR count). The Hall–Kier alpha value is -2.79. The molecule has 1 aromatic heterocycles. The monoisotopic (exact) mass is 295 g/mol. The summed E-state index contributed by atoms with van der Waals surface area (Å²) in [6, 6.07) is 17.2. The van der Waals surface area contributed by atoms with E-state index < -0.39 is 0 Å². The highest BCUT2D eigenvalue weighted by Crippen LogP contribution is 2.30. The lowest BCUT2D eigenvalue weighted by Crippen LogP contribution is -2.06. The van der Waals surface area contributed by atoms with Crippen LogP contribution in [0, 0.1) is 0 Å². The number of aromatic nitrogens is 2. The van der Waals surface area contributed by atoms with Crippen LogP contribution in [-0.4, -0.2) is 21.5 Å². The molecule has 0 amide bonds. The minimum absolute atomic E-state index is 0.00826. The van der Waals surface area contributed by atoms with Crippen molar-refractivity contribution < 1.29 is 9.84 Å². The van der Waals surface area contributed by atoms with Gasteiger partial charge in [0.2, 0.25) is 0 Å². The van der Waals surface area contributed by atoms with E-state index in [1.165, 1.54) is 0 Å². The molecule has 3 N–H and O–H groups in total. The van der Waals surface area contributed by atoms with Crippen molar-refractivity contribution in [1.29, 1.82) is 0 Å². The van der Waals surface area contributed by atoms with E-state index in [9.17, 15) is 0 Å². The Kier molecular flexibility index (Phi) is 4.07. The number of hydrogen-bond acceptors (Lipinski definition) is 4. The summed E-state index contributed by atoms with van der Waals surface area (Å²) in [5, 5.41) is 13.3. The molecule has 22 heavy (non-hydrogen) atoms. The summed E-state index contributed by atoms with van der Waals surface area (Å²) < 4.78 is 7.53. The molecule has 0 atom stereocenters. The van der Waals surface area contributed by atoms with E-state index in [0.29, 0.717) is 12.2 Å². The number of para-hydroxylation sites is 1. The quantitative estimate of drug-likeness (QED) is 0.759. The Morgan fingerprint density at radius 3 is 2.59 bits per heavy atom. The van der Waals surface area contributed by atoms with Gasteiger partial charge in [-0.3, -0.25) is 4.68 Å². The Morgan fingerprint density at radius 2 is 1.82 bits per heavy atom. The third-order valence-electron chi connectivity index (χ3n) is 3.27. The van der Waals surface area contributed by atoms with Gasteiger partial charge < -0.3 is 15.6 Å². The second-order valence-corrected chi connectivity index (χ2v) is 4.84. The number of anilines is 1. The molecule has 5 heteroatoms. The molecule has 1 heterocycles. The predicted molar refractivity (Wildman–Crippen MR) is 85.7 cm³/mol. The van der Waals surface area contributed by atoms with E-state index in [1.54, 1.807) is 10.9 Å². The van der Waals surface area contributed by atoms with E-state index in [2.05, 4.69) is 5.10 Å². The summed E-state index contributed by atoms with van der Waals surface area (Å²) in [5.41, 5.74) is 8.26. The van der Waals surface area contributed by atoms with E-state index in [-0.39, 0.29) is 6.61 Å². The number of nitrogens with zero attached hydrogens (tertiary/aromatic N) is 2. The molecule has 0 aliphatic carbocycles. The summed E-state index contributed by atoms with van der Waals surface area (Å²) >= 11 is 0. The lowest BCUT2D eigenvalue weighted by molar-refractivity contribution is 0.270. The SMILES string of the molecule is Nc1cnn(CCO)c1-c1cccc(Oc2ccccc2)c1. The van der Waals surface area contributed by atoms with E-state index in [4.69, 9.17) is 15.6 Å². The molecule has 0 bridgehead atoms. The van der Waals surface area contributed by atoms with Crippen LogP contribution in [-0.2, 0) is 6.54 Å². The Bertz CT molecular complexity index is 754. The lowest BCUT2D eigenvalue weighted by atomic mass is 10.1. The third kappa shape index (κ3) is 2.94. The van der Waals surface area contributed by atoms with Crippen LogP contribution in [0.1, 0.15) is 0 Å². The largest absolute Gasteiger partial charge is 0.457 e. The van der Waals surface area contributed by atoms with Gasteiger partial charge in [-0.15, -0.1) is 0 Å². The molecule has 3 aromatic rings. The number of benzene rings is 2. The highest BCUT2D eigenvalue weighted by Gasteiger charge is 2.11. The van der Waals surface area contributed by atoms with Gasteiger partial charge in [0.15, 0.2) is 0 Å². The molecule has 0 fully saturated rings. The number of nitrogen functional groups attached to an aromatic ring is 1. The van der Waals surface area contributed by atoms with Crippen molar-refractivity contribution in [2.75, 3.05) is 12.3 Å². The first-order chi connectivity index (χ1) is 10.8. The normalized spacial score (nSPS) is 10.6. The third-order valence-corrected chi connectivity index (χ3v) is 3.27. The van der Waals surface area contributed by atoms with Gasteiger partial charge >= 0.3 is 0 Å². The van der Waals surface area contributed by atoms with Crippen molar-refractivity contribution in [3.8, 4) is 22.8 Å².